The fourth-order valence-electron chi connectivity index (χ4n) is 2.18. The summed E-state index contributed by atoms with van der Waals surface area (Å²) in [4.78, 5) is 32.7. The van der Waals surface area contributed by atoms with E-state index in [0.717, 1.165) is 23.8 Å². The maximum absolute atomic E-state index is 13.8. The van der Waals surface area contributed by atoms with Crippen molar-refractivity contribution in [1.82, 2.24) is 5.32 Å². The van der Waals surface area contributed by atoms with E-state index in [0.29, 0.717) is 12.1 Å². The predicted octanol–water partition coefficient (Wildman–Crippen LogP) is 2.66. The van der Waals surface area contributed by atoms with Gasteiger partial charge in [-0.2, -0.15) is 0 Å². The molecule has 2 N–H and O–H groups in total. The van der Waals surface area contributed by atoms with Crippen LogP contribution in [0.2, 0.25) is 0 Å². The van der Waals surface area contributed by atoms with E-state index in [1.165, 1.54) is 6.92 Å². The Morgan fingerprint density at radius 3 is 2.40 bits per heavy atom. The van der Waals surface area contributed by atoms with E-state index in [1.54, 1.807) is 12.1 Å². The Balaban J connectivity index is 1.90. The van der Waals surface area contributed by atoms with Crippen molar-refractivity contribution in [3.05, 3.63) is 69.5 Å². The molecular formula is C17H16FN3O4. The molecule has 130 valence electrons. The lowest BCUT2D eigenvalue weighted by molar-refractivity contribution is -0.385. The van der Waals surface area contributed by atoms with Crippen molar-refractivity contribution < 1.29 is 18.9 Å². The first kappa shape index (κ1) is 18.1. The molecule has 0 saturated carbocycles. The topological polar surface area (TPSA) is 101 Å². The quantitative estimate of drug-likeness (QED) is 0.621. The van der Waals surface area contributed by atoms with Gasteiger partial charge in [0.05, 0.1) is 16.6 Å². The van der Waals surface area contributed by atoms with Crippen LogP contribution in [-0.4, -0.2) is 23.3 Å². The third kappa shape index (κ3) is 5.10. The number of benzene rings is 2. The van der Waals surface area contributed by atoms with Gasteiger partial charge in [-0.05, 0) is 30.2 Å². The van der Waals surface area contributed by atoms with E-state index in [1.807, 2.05) is 12.1 Å². The Labute approximate surface area is 143 Å². The lowest BCUT2D eigenvalue weighted by Gasteiger charge is -2.07. The molecule has 7 nitrogen and oxygen atoms in total. The molecule has 0 atom stereocenters. The van der Waals surface area contributed by atoms with Gasteiger partial charge in [0.25, 0.3) is 11.6 Å². The molecule has 0 aliphatic carbocycles. The first-order valence-corrected chi connectivity index (χ1v) is 7.45. The second-order valence-corrected chi connectivity index (χ2v) is 5.31. The zero-order chi connectivity index (χ0) is 18.4. The highest BCUT2D eigenvalue weighted by molar-refractivity contribution is 5.94. The summed E-state index contributed by atoms with van der Waals surface area (Å²) in [6, 6.07) is 10.00. The van der Waals surface area contributed by atoms with Crippen molar-refractivity contribution in [3.8, 4) is 0 Å². The number of nitro benzene ring substituents is 1. The number of amides is 2. The van der Waals surface area contributed by atoms with Gasteiger partial charge in [-0.3, -0.25) is 19.7 Å². The molecular weight excluding hydrogens is 329 g/mol. The predicted molar refractivity (Wildman–Crippen MR) is 89.8 cm³/mol. The zero-order valence-electron chi connectivity index (χ0n) is 13.4. The number of rotatable bonds is 6. The number of nitro groups is 1. The third-order valence-corrected chi connectivity index (χ3v) is 3.38. The van der Waals surface area contributed by atoms with Gasteiger partial charge in [0, 0.05) is 25.2 Å². The van der Waals surface area contributed by atoms with Crippen LogP contribution in [0.4, 0.5) is 15.8 Å². The molecule has 2 rings (SSSR count). The van der Waals surface area contributed by atoms with E-state index in [2.05, 4.69) is 10.6 Å². The third-order valence-electron chi connectivity index (χ3n) is 3.38. The van der Waals surface area contributed by atoms with E-state index in [-0.39, 0.29) is 18.0 Å². The molecule has 0 aliphatic heterocycles. The second-order valence-electron chi connectivity index (χ2n) is 5.31. The minimum atomic E-state index is -0.939. The van der Waals surface area contributed by atoms with E-state index >= 15 is 0 Å². The van der Waals surface area contributed by atoms with Gasteiger partial charge in [0.1, 0.15) is 5.82 Å². The largest absolute Gasteiger partial charge is 0.352 e. The van der Waals surface area contributed by atoms with Crippen molar-refractivity contribution >= 4 is 23.2 Å². The van der Waals surface area contributed by atoms with Crippen LogP contribution >= 0.6 is 0 Å². The summed E-state index contributed by atoms with van der Waals surface area (Å²) < 4.78 is 13.8. The SMILES string of the molecule is CC(=O)Nc1ccc(CCNC(=O)c2ccc([N+](=O)[O-])cc2F)cc1. The van der Waals surface area contributed by atoms with Crippen LogP contribution in [0, 0.1) is 15.9 Å². The lowest BCUT2D eigenvalue weighted by Crippen LogP contribution is -2.26. The van der Waals surface area contributed by atoms with Gasteiger partial charge in [0.2, 0.25) is 5.91 Å². The molecule has 0 spiro atoms. The molecule has 0 bridgehead atoms. The number of nitrogens with one attached hydrogen (secondary N) is 2. The van der Waals surface area contributed by atoms with Crippen LogP contribution in [0.1, 0.15) is 22.8 Å². The summed E-state index contributed by atoms with van der Waals surface area (Å²) in [6.45, 7) is 1.69. The molecule has 8 heteroatoms. The van der Waals surface area contributed by atoms with Crippen molar-refractivity contribution in [1.29, 1.82) is 0 Å². The highest BCUT2D eigenvalue weighted by Gasteiger charge is 2.15. The smallest absolute Gasteiger partial charge is 0.272 e. The number of hydrogen-bond donors (Lipinski definition) is 2. The Kier molecular flexibility index (Phi) is 5.78. The molecule has 0 unspecified atom stereocenters. The molecule has 0 aliphatic rings. The summed E-state index contributed by atoms with van der Waals surface area (Å²) in [7, 11) is 0. The summed E-state index contributed by atoms with van der Waals surface area (Å²) in [5, 5.41) is 15.8. The summed E-state index contributed by atoms with van der Waals surface area (Å²) in [6.07, 6.45) is 0.515. The maximum Gasteiger partial charge on any atom is 0.272 e. The number of halogens is 1. The average Bonchev–Trinajstić information content (AvgIpc) is 2.55. The molecule has 0 aromatic heterocycles. The molecule has 0 radical (unpaired) electrons. The molecule has 0 heterocycles. The van der Waals surface area contributed by atoms with E-state index in [9.17, 15) is 24.1 Å². The standard InChI is InChI=1S/C17H16FN3O4/c1-11(22)20-13-4-2-12(3-5-13)8-9-19-17(23)15-7-6-14(21(24)25)10-16(15)18/h2-7,10H,8-9H2,1H3,(H,19,23)(H,20,22). The van der Waals surface area contributed by atoms with E-state index in [4.69, 9.17) is 0 Å². The van der Waals surface area contributed by atoms with Crippen molar-refractivity contribution in [2.24, 2.45) is 0 Å². The van der Waals surface area contributed by atoms with Gasteiger partial charge >= 0.3 is 0 Å². The fourth-order valence-corrected chi connectivity index (χ4v) is 2.18. The van der Waals surface area contributed by atoms with Crippen LogP contribution in [-0.2, 0) is 11.2 Å². The van der Waals surface area contributed by atoms with Crippen LogP contribution in [0.3, 0.4) is 0 Å². The number of carbonyl (C=O) groups excluding carboxylic acids is 2. The molecule has 0 fully saturated rings. The first-order valence-electron chi connectivity index (χ1n) is 7.45. The summed E-state index contributed by atoms with van der Waals surface area (Å²) in [5.74, 6) is -1.74. The Morgan fingerprint density at radius 2 is 1.84 bits per heavy atom. The highest BCUT2D eigenvalue weighted by atomic mass is 19.1. The molecule has 0 saturated heterocycles. The highest BCUT2D eigenvalue weighted by Crippen LogP contribution is 2.16. The summed E-state index contributed by atoms with van der Waals surface area (Å²) >= 11 is 0. The molecule has 2 aromatic carbocycles. The molecule has 25 heavy (non-hydrogen) atoms. The van der Waals surface area contributed by atoms with Crippen LogP contribution in [0.15, 0.2) is 42.5 Å². The van der Waals surface area contributed by atoms with Gasteiger partial charge in [-0.1, -0.05) is 12.1 Å². The Morgan fingerprint density at radius 1 is 1.16 bits per heavy atom. The van der Waals surface area contributed by atoms with Gasteiger partial charge < -0.3 is 10.6 Å². The number of non-ortho nitro benzene ring substituents is 1. The monoisotopic (exact) mass is 345 g/mol. The minimum Gasteiger partial charge on any atom is -0.352 e. The lowest BCUT2D eigenvalue weighted by atomic mass is 10.1. The van der Waals surface area contributed by atoms with Crippen LogP contribution in [0.5, 0.6) is 0 Å². The van der Waals surface area contributed by atoms with Crippen LogP contribution in [0.25, 0.3) is 0 Å². The Hall–Kier alpha value is -3.29. The maximum atomic E-state index is 13.8. The first-order chi connectivity index (χ1) is 11.9. The second kappa shape index (κ2) is 8.00. The number of carbonyl (C=O) groups is 2. The summed E-state index contributed by atoms with van der Waals surface area (Å²) in [5.41, 5.74) is 0.951. The molecule has 2 aromatic rings. The van der Waals surface area contributed by atoms with Gasteiger partial charge in [-0.15, -0.1) is 0 Å². The number of nitrogens with zero attached hydrogens (tertiary/aromatic N) is 1. The van der Waals surface area contributed by atoms with Crippen LogP contribution < -0.4 is 10.6 Å². The van der Waals surface area contributed by atoms with Crippen molar-refractivity contribution in [3.63, 3.8) is 0 Å². The van der Waals surface area contributed by atoms with Gasteiger partial charge in [-0.25, -0.2) is 4.39 Å². The van der Waals surface area contributed by atoms with E-state index < -0.39 is 22.3 Å². The normalized spacial score (nSPS) is 10.2. The number of hydrogen-bond acceptors (Lipinski definition) is 4. The molecule has 2 amide bonds. The van der Waals surface area contributed by atoms with Crippen molar-refractivity contribution in [2.75, 3.05) is 11.9 Å². The van der Waals surface area contributed by atoms with Gasteiger partial charge in [0.15, 0.2) is 0 Å². The Bertz CT molecular complexity index is 806. The number of anilines is 1. The average molecular weight is 345 g/mol. The van der Waals surface area contributed by atoms with Crippen molar-refractivity contribution in [2.45, 2.75) is 13.3 Å². The zero-order valence-corrected chi connectivity index (χ0v) is 13.4. The fraction of sp³-hybridized carbons (Fsp3) is 0.176. The minimum absolute atomic E-state index is 0.162.